The van der Waals surface area contributed by atoms with Crippen molar-refractivity contribution in [2.75, 3.05) is 0 Å². The molecule has 2 rings (SSSR count). The van der Waals surface area contributed by atoms with Gasteiger partial charge in [-0.15, -0.1) is 0 Å². The third-order valence-corrected chi connectivity index (χ3v) is 3.74. The molecule has 0 spiro atoms. The molecule has 7 heteroatoms. The molecule has 122 valence electrons. The number of carbonyl (C=O) groups is 1. The Balaban J connectivity index is 2.17. The average molecular weight is 316 g/mol. The van der Waals surface area contributed by atoms with Crippen molar-refractivity contribution in [1.82, 2.24) is 15.1 Å². The molecule has 1 aromatic carbocycles. The molecule has 0 bridgehead atoms. The smallest absolute Gasteiger partial charge is 0.358 e. The van der Waals surface area contributed by atoms with Gasteiger partial charge in [0, 0.05) is 0 Å². The van der Waals surface area contributed by atoms with Crippen molar-refractivity contribution in [2.24, 2.45) is 0 Å². The van der Waals surface area contributed by atoms with Crippen molar-refractivity contribution >= 4 is 11.7 Å². The summed E-state index contributed by atoms with van der Waals surface area (Å²) in [4.78, 5) is 22.8. The largest absolute Gasteiger partial charge is 0.390 e. The van der Waals surface area contributed by atoms with Crippen LogP contribution in [-0.4, -0.2) is 20.6 Å². The van der Waals surface area contributed by atoms with Gasteiger partial charge in [-0.25, -0.2) is 0 Å². The van der Waals surface area contributed by atoms with E-state index in [1.165, 1.54) is 10.7 Å². The van der Waals surface area contributed by atoms with Gasteiger partial charge < -0.3 is 15.4 Å². The van der Waals surface area contributed by atoms with E-state index >= 15 is 0 Å². The molecule has 0 radical (unpaired) electrons. The van der Waals surface area contributed by atoms with Crippen molar-refractivity contribution in [2.45, 2.75) is 39.3 Å². The van der Waals surface area contributed by atoms with Crippen LogP contribution in [-0.2, 0) is 4.79 Å². The van der Waals surface area contributed by atoms with Crippen molar-refractivity contribution in [3.05, 3.63) is 57.8 Å². The lowest BCUT2D eigenvalue weighted by molar-refractivity contribution is -0.389. The van der Waals surface area contributed by atoms with Gasteiger partial charge in [-0.3, -0.25) is 4.79 Å². The monoisotopic (exact) mass is 316 g/mol. The molecule has 0 aliphatic carbocycles. The number of rotatable bonds is 6. The second-order valence-corrected chi connectivity index (χ2v) is 5.41. The minimum absolute atomic E-state index is 0.149. The first kappa shape index (κ1) is 16.7. The molecule has 1 aromatic heterocycles. The Labute approximate surface area is 134 Å². The summed E-state index contributed by atoms with van der Waals surface area (Å²) in [5, 5.41) is 17.7. The lowest BCUT2D eigenvalue weighted by Crippen LogP contribution is -2.35. The van der Waals surface area contributed by atoms with Crippen molar-refractivity contribution in [1.29, 1.82) is 0 Å². The highest BCUT2D eigenvalue weighted by atomic mass is 16.6. The SMILES string of the molecule is CCC(C(=O)NC(C)c1ccccc1)n1nc([N+](=O)[O-])cc1C. The minimum atomic E-state index is -0.574. The summed E-state index contributed by atoms with van der Waals surface area (Å²) in [6.07, 6.45) is 0.493. The number of nitrogens with one attached hydrogen (secondary N) is 1. The fourth-order valence-electron chi connectivity index (χ4n) is 2.48. The van der Waals surface area contributed by atoms with E-state index in [9.17, 15) is 14.9 Å². The Morgan fingerprint density at radius 3 is 2.57 bits per heavy atom. The number of amides is 1. The number of aromatic nitrogens is 2. The second kappa shape index (κ2) is 7.04. The molecule has 2 atom stereocenters. The van der Waals surface area contributed by atoms with Crippen LogP contribution in [0.3, 0.4) is 0 Å². The summed E-state index contributed by atoms with van der Waals surface area (Å²) < 4.78 is 1.42. The first-order valence-corrected chi connectivity index (χ1v) is 7.50. The molecule has 2 unspecified atom stereocenters. The number of hydrogen-bond acceptors (Lipinski definition) is 4. The van der Waals surface area contributed by atoms with Crippen LogP contribution in [0.4, 0.5) is 5.82 Å². The van der Waals surface area contributed by atoms with Gasteiger partial charge in [0.2, 0.25) is 5.91 Å². The first-order chi connectivity index (χ1) is 10.9. The van der Waals surface area contributed by atoms with Gasteiger partial charge in [0.15, 0.2) is 6.04 Å². The maximum Gasteiger partial charge on any atom is 0.390 e. The summed E-state index contributed by atoms with van der Waals surface area (Å²) in [6.45, 7) is 5.46. The highest BCUT2D eigenvalue weighted by Gasteiger charge is 2.27. The van der Waals surface area contributed by atoms with Gasteiger partial charge in [0.05, 0.1) is 22.9 Å². The molecule has 0 aliphatic rings. The van der Waals surface area contributed by atoms with Crippen molar-refractivity contribution in [3.8, 4) is 0 Å². The fraction of sp³-hybridized carbons (Fsp3) is 0.375. The summed E-state index contributed by atoms with van der Waals surface area (Å²) in [7, 11) is 0. The highest BCUT2D eigenvalue weighted by Crippen LogP contribution is 2.20. The predicted molar refractivity (Wildman–Crippen MR) is 85.9 cm³/mol. The van der Waals surface area contributed by atoms with Crippen molar-refractivity contribution < 1.29 is 9.72 Å². The van der Waals surface area contributed by atoms with Crippen LogP contribution in [0.25, 0.3) is 0 Å². The number of aryl methyl sites for hydroxylation is 1. The van der Waals surface area contributed by atoms with Gasteiger partial charge >= 0.3 is 5.82 Å². The summed E-state index contributed by atoms with van der Waals surface area (Å²) >= 11 is 0. The lowest BCUT2D eigenvalue weighted by atomic mass is 10.1. The van der Waals surface area contributed by atoms with Gasteiger partial charge in [-0.2, -0.15) is 4.68 Å². The highest BCUT2D eigenvalue weighted by molar-refractivity contribution is 5.80. The third kappa shape index (κ3) is 3.74. The van der Waals surface area contributed by atoms with E-state index < -0.39 is 11.0 Å². The van der Waals surface area contributed by atoms with Crippen LogP contribution in [0.5, 0.6) is 0 Å². The van der Waals surface area contributed by atoms with E-state index in [1.807, 2.05) is 44.2 Å². The van der Waals surface area contributed by atoms with Crippen LogP contribution in [0.1, 0.15) is 43.6 Å². The number of nitro groups is 1. The van der Waals surface area contributed by atoms with E-state index in [1.54, 1.807) is 6.92 Å². The molecule has 0 aliphatic heterocycles. The Morgan fingerprint density at radius 1 is 1.39 bits per heavy atom. The van der Waals surface area contributed by atoms with Crippen LogP contribution < -0.4 is 5.32 Å². The number of nitrogens with zero attached hydrogens (tertiary/aromatic N) is 3. The Hall–Kier alpha value is -2.70. The Bertz CT molecular complexity index is 697. The maximum atomic E-state index is 12.5. The van der Waals surface area contributed by atoms with Gasteiger partial charge in [0.25, 0.3) is 0 Å². The summed E-state index contributed by atoms with van der Waals surface area (Å²) in [6, 6.07) is 10.3. The maximum absolute atomic E-state index is 12.5. The van der Waals surface area contributed by atoms with E-state index in [2.05, 4.69) is 10.4 Å². The van der Waals surface area contributed by atoms with E-state index in [0.29, 0.717) is 12.1 Å². The number of benzene rings is 1. The van der Waals surface area contributed by atoms with Crippen LogP contribution >= 0.6 is 0 Å². The van der Waals surface area contributed by atoms with E-state index in [0.717, 1.165) is 5.56 Å². The van der Waals surface area contributed by atoms with E-state index in [-0.39, 0.29) is 17.8 Å². The Morgan fingerprint density at radius 2 is 2.04 bits per heavy atom. The van der Waals surface area contributed by atoms with Gasteiger partial charge in [-0.1, -0.05) is 37.3 Å². The normalized spacial score (nSPS) is 13.3. The minimum Gasteiger partial charge on any atom is -0.358 e. The zero-order valence-corrected chi connectivity index (χ0v) is 13.4. The summed E-state index contributed by atoms with van der Waals surface area (Å²) in [5.74, 6) is -0.449. The molecule has 0 saturated carbocycles. The molecule has 0 fully saturated rings. The molecule has 2 aromatic rings. The van der Waals surface area contributed by atoms with Gasteiger partial charge in [0.1, 0.15) is 0 Å². The number of carbonyl (C=O) groups excluding carboxylic acids is 1. The molecule has 0 saturated heterocycles. The number of hydrogen-bond donors (Lipinski definition) is 1. The average Bonchev–Trinajstić information content (AvgIpc) is 2.91. The first-order valence-electron chi connectivity index (χ1n) is 7.50. The molecule has 1 amide bonds. The molecular weight excluding hydrogens is 296 g/mol. The fourth-order valence-corrected chi connectivity index (χ4v) is 2.48. The standard InChI is InChI=1S/C16H20N4O3/c1-4-14(19-11(2)10-15(18-19)20(22)23)16(21)17-12(3)13-8-6-5-7-9-13/h5-10,12,14H,4H2,1-3H3,(H,17,21). The molecule has 1 N–H and O–H groups in total. The Kier molecular flexibility index (Phi) is 5.10. The molecule has 7 nitrogen and oxygen atoms in total. The zero-order valence-electron chi connectivity index (χ0n) is 13.4. The molecule has 23 heavy (non-hydrogen) atoms. The molecule has 1 heterocycles. The quantitative estimate of drug-likeness (QED) is 0.655. The van der Waals surface area contributed by atoms with Crippen molar-refractivity contribution in [3.63, 3.8) is 0 Å². The topological polar surface area (TPSA) is 90.1 Å². The summed E-state index contributed by atoms with van der Waals surface area (Å²) in [5.41, 5.74) is 1.59. The van der Waals surface area contributed by atoms with E-state index in [4.69, 9.17) is 0 Å². The molecular formula is C16H20N4O3. The second-order valence-electron chi connectivity index (χ2n) is 5.41. The van der Waals surface area contributed by atoms with Crippen LogP contribution in [0.2, 0.25) is 0 Å². The predicted octanol–water partition coefficient (Wildman–Crippen LogP) is 2.93. The third-order valence-electron chi connectivity index (χ3n) is 3.74. The van der Waals surface area contributed by atoms with Gasteiger partial charge in [-0.05, 0) is 30.8 Å². The zero-order chi connectivity index (χ0) is 17.0. The van der Waals surface area contributed by atoms with Crippen LogP contribution in [0.15, 0.2) is 36.4 Å². The lowest BCUT2D eigenvalue weighted by Gasteiger charge is -2.19. The van der Waals surface area contributed by atoms with Crippen LogP contribution in [0, 0.1) is 17.0 Å².